The Hall–Kier alpha value is -0.830. The Labute approximate surface area is 77.1 Å². The predicted molar refractivity (Wildman–Crippen MR) is 54.8 cm³/mol. The van der Waals surface area contributed by atoms with Gasteiger partial charge < -0.3 is 5.73 Å². The van der Waals surface area contributed by atoms with Crippen LogP contribution in [0.15, 0.2) is 17.1 Å². The zero-order valence-electron chi connectivity index (χ0n) is 7.66. The van der Waals surface area contributed by atoms with Crippen LogP contribution in [0.3, 0.4) is 0 Å². The highest BCUT2D eigenvalue weighted by Gasteiger charge is 2.04. The smallest absolute Gasteiger partial charge is 0.0913 e. The third-order valence-corrected chi connectivity index (χ3v) is 2.74. The summed E-state index contributed by atoms with van der Waals surface area (Å²) in [4.78, 5) is 6.86. The second-order valence-electron chi connectivity index (χ2n) is 2.89. The monoisotopic (exact) mass is 182 g/mol. The number of hydrogen-bond acceptors (Lipinski definition) is 2. The molecule has 0 spiro atoms. The third-order valence-electron chi connectivity index (χ3n) is 1.57. The van der Waals surface area contributed by atoms with Gasteiger partial charge in [0, 0.05) is 9.75 Å². The Kier molecular flexibility index (Phi) is 2.87. The molecule has 1 unspecified atom stereocenters. The van der Waals surface area contributed by atoms with Crippen molar-refractivity contribution in [2.24, 2.45) is 10.7 Å². The first-order valence-corrected chi connectivity index (χ1v) is 4.77. The summed E-state index contributed by atoms with van der Waals surface area (Å²) >= 11 is 1.78. The first-order chi connectivity index (χ1) is 5.59. The van der Waals surface area contributed by atoms with Crippen LogP contribution in [-0.2, 0) is 0 Å². The summed E-state index contributed by atoms with van der Waals surface area (Å²) in [6, 6.07) is 4.42. The molecule has 0 bridgehead atoms. The van der Waals surface area contributed by atoms with Crippen LogP contribution in [0.2, 0.25) is 0 Å². The van der Waals surface area contributed by atoms with E-state index in [2.05, 4.69) is 31.0 Å². The SMILES string of the molecule is CC(N)=NC(C)c1ccc(C)s1. The first-order valence-electron chi connectivity index (χ1n) is 3.96. The molecular weight excluding hydrogens is 168 g/mol. The average Bonchev–Trinajstić information content (AvgIpc) is 2.34. The number of aliphatic imine (C=N–C) groups is 1. The summed E-state index contributed by atoms with van der Waals surface area (Å²) in [5, 5.41) is 0. The van der Waals surface area contributed by atoms with Crippen LogP contribution in [-0.4, -0.2) is 5.84 Å². The lowest BCUT2D eigenvalue weighted by atomic mass is 10.3. The van der Waals surface area contributed by atoms with Gasteiger partial charge in [0.2, 0.25) is 0 Å². The van der Waals surface area contributed by atoms with Gasteiger partial charge >= 0.3 is 0 Å². The Morgan fingerprint density at radius 1 is 1.58 bits per heavy atom. The molecule has 1 rings (SSSR count). The maximum Gasteiger partial charge on any atom is 0.0913 e. The summed E-state index contributed by atoms with van der Waals surface area (Å²) in [5.41, 5.74) is 5.49. The molecule has 1 aromatic heterocycles. The van der Waals surface area contributed by atoms with E-state index in [0.29, 0.717) is 5.84 Å². The molecule has 0 fully saturated rings. The fraction of sp³-hybridized carbons (Fsp3) is 0.444. The van der Waals surface area contributed by atoms with Crippen molar-refractivity contribution >= 4 is 17.2 Å². The van der Waals surface area contributed by atoms with E-state index >= 15 is 0 Å². The van der Waals surface area contributed by atoms with Crippen molar-refractivity contribution in [1.29, 1.82) is 0 Å². The molecule has 2 N–H and O–H groups in total. The minimum Gasteiger partial charge on any atom is -0.388 e. The van der Waals surface area contributed by atoms with Crippen molar-refractivity contribution in [2.45, 2.75) is 26.8 Å². The number of hydrogen-bond donors (Lipinski definition) is 1. The zero-order valence-corrected chi connectivity index (χ0v) is 8.48. The molecule has 66 valence electrons. The molecule has 12 heavy (non-hydrogen) atoms. The summed E-state index contributed by atoms with van der Waals surface area (Å²) in [6.07, 6.45) is 0. The Balaban J connectivity index is 2.78. The van der Waals surface area contributed by atoms with E-state index in [-0.39, 0.29) is 6.04 Å². The molecule has 0 radical (unpaired) electrons. The molecule has 0 aromatic carbocycles. The molecule has 0 amide bonds. The number of aryl methyl sites for hydroxylation is 1. The van der Waals surface area contributed by atoms with E-state index in [1.165, 1.54) is 9.75 Å². The molecule has 0 aliphatic carbocycles. The van der Waals surface area contributed by atoms with E-state index in [9.17, 15) is 0 Å². The molecule has 0 saturated heterocycles. The molecule has 1 heterocycles. The van der Waals surface area contributed by atoms with Crippen molar-refractivity contribution in [3.63, 3.8) is 0 Å². The zero-order chi connectivity index (χ0) is 9.14. The van der Waals surface area contributed by atoms with E-state index in [1.54, 1.807) is 11.3 Å². The Morgan fingerprint density at radius 2 is 2.25 bits per heavy atom. The number of nitrogens with zero attached hydrogens (tertiary/aromatic N) is 1. The Bertz CT molecular complexity index is 284. The average molecular weight is 182 g/mol. The lowest BCUT2D eigenvalue weighted by Crippen LogP contribution is -2.06. The van der Waals surface area contributed by atoms with E-state index in [0.717, 1.165) is 0 Å². The molecule has 0 saturated carbocycles. The molecule has 3 heteroatoms. The number of nitrogens with two attached hydrogens (primary N) is 1. The van der Waals surface area contributed by atoms with Crippen molar-refractivity contribution in [1.82, 2.24) is 0 Å². The molecule has 2 nitrogen and oxygen atoms in total. The largest absolute Gasteiger partial charge is 0.388 e. The topological polar surface area (TPSA) is 38.4 Å². The van der Waals surface area contributed by atoms with Crippen molar-refractivity contribution < 1.29 is 0 Å². The first kappa shape index (κ1) is 9.26. The quantitative estimate of drug-likeness (QED) is 0.554. The van der Waals surface area contributed by atoms with Crippen molar-refractivity contribution in [3.8, 4) is 0 Å². The summed E-state index contributed by atoms with van der Waals surface area (Å²) in [6.45, 7) is 5.97. The van der Waals surface area contributed by atoms with Gasteiger partial charge in [-0.05, 0) is 32.9 Å². The number of rotatable bonds is 2. The second-order valence-corrected chi connectivity index (χ2v) is 4.21. The highest BCUT2D eigenvalue weighted by Crippen LogP contribution is 2.24. The van der Waals surface area contributed by atoms with Crippen LogP contribution in [0.1, 0.15) is 29.6 Å². The van der Waals surface area contributed by atoms with Gasteiger partial charge in [-0.15, -0.1) is 11.3 Å². The second kappa shape index (κ2) is 3.72. The van der Waals surface area contributed by atoms with Crippen LogP contribution < -0.4 is 5.73 Å². The van der Waals surface area contributed by atoms with Crippen LogP contribution in [0.25, 0.3) is 0 Å². The van der Waals surface area contributed by atoms with Gasteiger partial charge in [0.05, 0.1) is 11.9 Å². The molecule has 1 atom stereocenters. The molecular formula is C9H14N2S. The lowest BCUT2D eigenvalue weighted by molar-refractivity contribution is 0.837. The van der Waals surface area contributed by atoms with Crippen LogP contribution in [0, 0.1) is 6.92 Å². The Morgan fingerprint density at radius 3 is 2.67 bits per heavy atom. The van der Waals surface area contributed by atoms with Gasteiger partial charge in [-0.2, -0.15) is 0 Å². The summed E-state index contributed by atoms with van der Waals surface area (Å²) < 4.78 is 0. The molecule has 1 aromatic rings. The summed E-state index contributed by atoms with van der Waals surface area (Å²) in [5.74, 6) is 0.647. The third kappa shape index (κ3) is 2.34. The van der Waals surface area contributed by atoms with Gasteiger partial charge in [0.15, 0.2) is 0 Å². The number of amidine groups is 1. The molecule has 0 aliphatic heterocycles. The fourth-order valence-corrected chi connectivity index (χ4v) is 1.91. The maximum absolute atomic E-state index is 5.49. The number of thiophene rings is 1. The van der Waals surface area contributed by atoms with Gasteiger partial charge in [-0.25, -0.2) is 0 Å². The fourth-order valence-electron chi connectivity index (χ4n) is 1.05. The maximum atomic E-state index is 5.49. The minimum atomic E-state index is 0.202. The van der Waals surface area contributed by atoms with Crippen molar-refractivity contribution in [3.05, 3.63) is 21.9 Å². The van der Waals surface area contributed by atoms with Gasteiger partial charge in [0.1, 0.15) is 0 Å². The van der Waals surface area contributed by atoms with E-state index in [1.807, 2.05) is 6.92 Å². The van der Waals surface area contributed by atoms with Crippen LogP contribution in [0.5, 0.6) is 0 Å². The van der Waals surface area contributed by atoms with Gasteiger partial charge in [0.25, 0.3) is 0 Å². The van der Waals surface area contributed by atoms with Crippen LogP contribution >= 0.6 is 11.3 Å². The highest BCUT2D eigenvalue weighted by atomic mass is 32.1. The van der Waals surface area contributed by atoms with E-state index < -0.39 is 0 Å². The van der Waals surface area contributed by atoms with Crippen molar-refractivity contribution in [2.75, 3.05) is 0 Å². The van der Waals surface area contributed by atoms with E-state index in [4.69, 9.17) is 5.73 Å². The molecule has 0 aliphatic rings. The summed E-state index contributed by atoms with van der Waals surface area (Å²) in [7, 11) is 0. The van der Waals surface area contributed by atoms with Gasteiger partial charge in [-0.3, -0.25) is 4.99 Å². The highest BCUT2D eigenvalue weighted by molar-refractivity contribution is 7.12. The van der Waals surface area contributed by atoms with Gasteiger partial charge in [-0.1, -0.05) is 0 Å². The lowest BCUT2D eigenvalue weighted by Gasteiger charge is -2.02. The standard InChI is InChI=1S/C9H14N2S/c1-6-4-5-9(12-6)7(2)11-8(3)10/h4-5,7H,1-3H3,(H2,10,11). The van der Waals surface area contributed by atoms with Crippen LogP contribution in [0.4, 0.5) is 0 Å². The minimum absolute atomic E-state index is 0.202. The predicted octanol–water partition coefficient (Wildman–Crippen LogP) is 2.49. The normalized spacial score (nSPS) is 14.8.